The lowest BCUT2D eigenvalue weighted by Crippen LogP contribution is -2.38. The summed E-state index contributed by atoms with van der Waals surface area (Å²) in [5.41, 5.74) is 2.06. The molecule has 0 aromatic heterocycles. The molecule has 0 saturated carbocycles. The SMILES string of the molecule is CCN(CC(=O)Nc1c(Cl)cccc1Cl)C(=O)c1ccc2c(c1)CC(C)N2S(C)(=O)=O. The first-order valence-corrected chi connectivity index (χ1v) is 12.3. The molecule has 2 aromatic carbocycles. The van der Waals surface area contributed by atoms with Crippen molar-refractivity contribution in [2.75, 3.05) is 29.0 Å². The van der Waals surface area contributed by atoms with Gasteiger partial charge in [-0.2, -0.15) is 0 Å². The summed E-state index contributed by atoms with van der Waals surface area (Å²) in [4.78, 5) is 26.9. The second-order valence-corrected chi connectivity index (χ2v) is 10.1. The molecule has 3 rings (SSSR count). The molecule has 31 heavy (non-hydrogen) atoms. The summed E-state index contributed by atoms with van der Waals surface area (Å²) < 4.78 is 25.5. The number of anilines is 2. The maximum atomic E-state index is 13.0. The van der Waals surface area contributed by atoms with Crippen LogP contribution in [0.1, 0.15) is 29.8 Å². The Hall–Kier alpha value is -2.29. The minimum atomic E-state index is -3.41. The maximum Gasteiger partial charge on any atom is 0.254 e. The summed E-state index contributed by atoms with van der Waals surface area (Å²) in [7, 11) is -3.41. The summed E-state index contributed by atoms with van der Waals surface area (Å²) in [5, 5.41) is 3.26. The van der Waals surface area contributed by atoms with Crippen LogP contribution >= 0.6 is 23.2 Å². The third kappa shape index (κ3) is 4.97. The van der Waals surface area contributed by atoms with Crippen molar-refractivity contribution in [1.29, 1.82) is 0 Å². The Labute approximate surface area is 192 Å². The molecule has 166 valence electrons. The van der Waals surface area contributed by atoms with Gasteiger partial charge < -0.3 is 10.2 Å². The zero-order chi connectivity index (χ0) is 22.9. The molecule has 1 unspecified atom stereocenters. The molecule has 7 nitrogen and oxygen atoms in total. The molecule has 1 N–H and O–H groups in total. The number of halogens is 2. The van der Waals surface area contributed by atoms with Gasteiger partial charge in [0.05, 0.1) is 27.7 Å². The Morgan fingerprint density at radius 1 is 1.19 bits per heavy atom. The highest BCUT2D eigenvalue weighted by atomic mass is 35.5. The quantitative estimate of drug-likeness (QED) is 0.676. The number of benzene rings is 2. The molecule has 0 radical (unpaired) electrons. The molecule has 1 aliphatic rings. The van der Waals surface area contributed by atoms with Crippen LogP contribution in [0.5, 0.6) is 0 Å². The van der Waals surface area contributed by atoms with E-state index in [9.17, 15) is 18.0 Å². The Morgan fingerprint density at radius 2 is 1.84 bits per heavy atom. The van der Waals surface area contributed by atoms with Crippen molar-refractivity contribution in [3.63, 3.8) is 0 Å². The Balaban J connectivity index is 1.77. The monoisotopic (exact) mass is 483 g/mol. The summed E-state index contributed by atoms with van der Waals surface area (Å²) in [5.74, 6) is -0.751. The highest BCUT2D eigenvalue weighted by molar-refractivity contribution is 7.92. The fourth-order valence-electron chi connectivity index (χ4n) is 3.72. The number of rotatable bonds is 6. The topological polar surface area (TPSA) is 86.8 Å². The van der Waals surface area contributed by atoms with Crippen molar-refractivity contribution in [3.05, 3.63) is 57.6 Å². The van der Waals surface area contributed by atoms with Crippen molar-refractivity contribution in [1.82, 2.24) is 4.90 Å². The van der Waals surface area contributed by atoms with Gasteiger partial charge >= 0.3 is 0 Å². The minimum Gasteiger partial charge on any atom is -0.330 e. The number of amides is 2. The lowest BCUT2D eigenvalue weighted by atomic mass is 10.1. The number of hydrogen-bond donors (Lipinski definition) is 1. The van der Waals surface area contributed by atoms with Crippen LogP contribution in [0.3, 0.4) is 0 Å². The number of likely N-dealkylation sites (N-methyl/N-ethyl adjacent to an activating group) is 1. The lowest BCUT2D eigenvalue weighted by Gasteiger charge is -2.23. The second kappa shape index (κ2) is 9.06. The van der Waals surface area contributed by atoms with Crippen molar-refractivity contribution < 1.29 is 18.0 Å². The third-order valence-electron chi connectivity index (χ3n) is 5.07. The molecule has 1 atom stereocenters. The summed E-state index contributed by atoms with van der Waals surface area (Å²) in [6.45, 7) is 3.73. The van der Waals surface area contributed by atoms with Gasteiger partial charge in [0.25, 0.3) is 5.91 Å². The molecule has 10 heteroatoms. The maximum absolute atomic E-state index is 13.0. The van der Waals surface area contributed by atoms with Crippen molar-refractivity contribution in [3.8, 4) is 0 Å². The molecule has 0 spiro atoms. The van der Waals surface area contributed by atoms with E-state index in [1.165, 1.54) is 15.5 Å². The average molecular weight is 484 g/mol. The molecule has 0 aliphatic carbocycles. The predicted molar refractivity (Wildman–Crippen MR) is 124 cm³/mol. The number of hydrogen-bond acceptors (Lipinski definition) is 4. The summed E-state index contributed by atoms with van der Waals surface area (Å²) >= 11 is 12.2. The molecule has 0 fully saturated rings. The minimum absolute atomic E-state index is 0.181. The van der Waals surface area contributed by atoms with Gasteiger partial charge in [0, 0.05) is 18.2 Å². The van der Waals surface area contributed by atoms with Crippen molar-refractivity contribution in [2.24, 2.45) is 0 Å². The van der Waals surface area contributed by atoms with Crippen LogP contribution < -0.4 is 9.62 Å². The standard InChI is InChI=1S/C21H23Cl2N3O4S/c1-4-25(12-19(27)24-20-16(22)6-5-7-17(20)23)21(28)14-8-9-18-15(11-14)10-13(2)26(18)31(3,29)30/h5-9,11,13H,4,10,12H2,1-3H3,(H,24,27). The fourth-order valence-corrected chi connectivity index (χ4v) is 5.48. The van der Waals surface area contributed by atoms with Gasteiger partial charge in [-0.05, 0) is 56.2 Å². The van der Waals surface area contributed by atoms with Gasteiger partial charge in [-0.1, -0.05) is 29.3 Å². The molecule has 0 saturated heterocycles. The van der Waals surface area contributed by atoms with Crippen LogP contribution in [0, 0.1) is 0 Å². The Kier molecular flexibility index (Phi) is 6.83. The second-order valence-electron chi connectivity index (χ2n) is 7.42. The number of carbonyl (C=O) groups is 2. The van der Waals surface area contributed by atoms with E-state index < -0.39 is 15.9 Å². The van der Waals surface area contributed by atoms with Crippen LogP contribution in [-0.4, -0.2) is 50.5 Å². The van der Waals surface area contributed by atoms with Gasteiger partial charge in [0.15, 0.2) is 0 Å². The highest BCUT2D eigenvalue weighted by Gasteiger charge is 2.33. The van der Waals surface area contributed by atoms with E-state index in [1.54, 1.807) is 43.3 Å². The normalized spacial score (nSPS) is 15.5. The fraction of sp³-hybridized carbons (Fsp3) is 0.333. The van der Waals surface area contributed by atoms with Crippen LogP contribution in [0.2, 0.25) is 10.0 Å². The Morgan fingerprint density at radius 3 is 2.42 bits per heavy atom. The molecule has 1 heterocycles. The zero-order valence-corrected chi connectivity index (χ0v) is 19.7. The first kappa shape index (κ1) is 23.4. The van der Waals surface area contributed by atoms with E-state index in [-0.39, 0.29) is 18.5 Å². The van der Waals surface area contributed by atoms with E-state index >= 15 is 0 Å². The number of para-hydroxylation sites is 1. The van der Waals surface area contributed by atoms with E-state index in [0.29, 0.717) is 39.9 Å². The molecule has 2 amide bonds. The third-order valence-corrected chi connectivity index (χ3v) is 6.97. The van der Waals surface area contributed by atoms with Gasteiger partial charge in [-0.3, -0.25) is 13.9 Å². The summed E-state index contributed by atoms with van der Waals surface area (Å²) in [6, 6.07) is 9.60. The molecule has 2 aromatic rings. The number of nitrogens with zero attached hydrogens (tertiary/aromatic N) is 2. The van der Waals surface area contributed by atoms with Gasteiger partial charge in [-0.15, -0.1) is 0 Å². The first-order valence-electron chi connectivity index (χ1n) is 9.68. The Bertz CT molecular complexity index is 1120. The number of carbonyl (C=O) groups excluding carboxylic acids is 2. The van der Waals surface area contributed by atoms with Crippen molar-refractivity contribution in [2.45, 2.75) is 26.3 Å². The van der Waals surface area contributed by atoms with E-state index in [1.807, 2.05) is 6.92 Å². The van der Waals surface area contributed by atoms with Crippen LogP contribution in [0.15, 0.2) is 36.4 Å². The van der Waals surface area contributed by atoms with E-state index in [4.69, 9.17) is 23.2 Å². The van der Waals surface area contributed by atoms with Gasteiger partial charge in [-0.25, -0.2) is 8.42 Å². The lowest BCUT2D eigenvalue weighted by molar-refractivity contribution is -0.116. The van der Waals surface area contributed by atoms with Crippen molar-refractivity contribution >= 4 is 56.4 Å². The molecule has 0 bridgehead atoms. The largest absolute Gasteiger partial charge is 0.330 e. The van der Waals surface area contributed by atoms with Crippen LogP contribution in [0.25, 0.3) is 0 Å². The highest BCUT2D eigenvalue weighted by Crippen LogP contribution is 2.35. The van der Waals surface area contributed by atoms with Crippen LogP contribution in [-0.2, 0) is 21.2 Å². The summed E-state index contributed by atoms with van der Waals surface area (Å²) in [6.07, 6.45) is 1.68. The molecular formula is C21H23Cl2N3O4S. The molecule has 1 aliphatic heterocycles. The van der Waals surface area contributed by atoms with Crippen LogP contribution in [0.4, 0.5) is 11.4 Å². The smallest absolute Gasteiger partial charge is 0.254 e. The zero-order valence-electron chi connectivity index (χ0n) is 17.4. The van der Waals surface area contributed by atoms with E-state index in [0.717, 1.165) is 5.56 Å². The van der Waals surface area contributed by atoms with E-state index in [2.05, 4.69) is 5.32 Å². The number of fused-ring (bicyclic) bond motifs is 1. The van der Waals surface area contributed by atoms with Gasteiger partial charge in [0.1, 0.15) is 6.54 Å². The number of sulfonamides is 1. The first-order chi connectivity index (χ1) is 14.5. The average Bonchev–Trinajstić information content (AvgIpc) is 3.03. The van der Waals surface area contributed by atoms with Gasteiger partial charge in [0.2, 0.25) is 15.9 Å². The molecular weight excluding hydrogens is 461 g/mol. The predicted octanol–water partition coefficient (Wildman–Crippen LogP) is 3.80. The number of nitrogens with one attached hydrogen (secondary N) is 1.